The normalized spacial score (nSPS) is 19.4. The lowest BCUT2D eigenvalue weighted by atomic mass is 9.54. The highest BCUT2D eigenvalue weighted by Crippen LogP contribution is 2.06. The van der Waals surface area contributed by atoms with E-state index in [1.54, 1.807) is 0 Å². The second-order valence-electron chi connectivity index (χ2n) is 4.46. The van der Waals surface area contributed by atoms with Gasteiger partial charge < -0.3 is 14.2 Å². The monoisotopic (exact) mass is 211 g/mol. The Morgan fingerprint density at radius 3 is 2.12 bits per heavy atom. The molecule has 1 fully saturated rings. The van der Waals surface area contributed by atoms with Gasteiger partial charge in [-0.1, -0.05) is 29.8 Å². The van der Waals surface area contributed by atoms with Crippen LogP contribution >= 0.6 is 0 Å². The SMILES string of the molecule is Cc1ccccc1B1N(C)[B]N(C)[B]N1C. The molecule has 16 heavy (non-hydrogen) atoms. The molecule has 0 N–H and O–H groups in total. The van der Waals surface area contributed by atoms with Gasteiger partial charge in [0, 0.05) is 0 Å². The Labute approximate surface area is 100 Å². The average Bonchev–Trinajstić information content (AvgIpc) is 2.19. The Morgan fingerprint density at radius 2 is 1.56 bits per heavy atom. The van der Waals surface area contributed by atoms with Crippen LogP contribution in [0, 0.1) is 6.92 Å². The summed E-state index contributed by atoms with van der Waals surface area (Å²) in [5, 5.41) is 0. The van der Waals surface area contributed by atoms with Crippen LogP contribution in [0.1, 0.15) is 5.56 Å². The number of nitrogens with zero attached hydrogens (tertiary/aromatic N) is 3. The lowest BCUT2D eigenvalue weighted by Gasteiger charge is -2.41. The highest BCUT2D eigenvalue weighted by molar-refractivity contribution is 6.82. The van der Waals surface area contributed by atoms with Crippen LogP contribution in [-0.4, -0.2) is 57.4 Å². The fourth-order valence-electron chi connectivity index (χ4n) is 2.33. The number of aryl methyl sites for hydroxylation is 1. The van der Waals surface area contributed by atoms with Gasteiger partial charge in [-0.15, -0.1) is 0 Å². The number of hydrogen-bond donors (Lipinski definition) is 0. The second-order valence-corrected chi connectivity index (χ2v) is 4.46. The van der Waals surface area contributed by atoms with Crippen molar-refractivity contribution in [2.45, 2.75) is 6.92 Å². The maximum atomic E-state index is 2.22. The van der Waals surface area contributed by atoms with Crippen LogP contribution in [0.15, 0.2) is 24.3 Å². The van der Waals surface area contributed by atoms with Crippen LogP contribution < -0.4 is 5.46 Å². The van der Waals surface area contributed by atoms with E-state index in [1.807, 2.05) is 7.05 Å². The van der Waals surface area contributed by atoms with E-state index in [-0.39, 0.29) is 6.98 Å². The standard InChI is InChI=1S/C10H16B3N3/c1-9-7-5-6-8-10(9)13-15(3)11-14(2)12-16(13)4/h5-8H,1-4H3. The highest BCUT2D eigenvalue weighted by Gasteiger charge is 2.35. The quantitative estimate of drug-likeness (QED) is 0.583. The molecule has 6 heteroatoms. The molecule has 0 bridgehead atoms. The predicted molar refractivity (Wildman–Crippen MR) is 71.4 cm³/mol. The van der Waals surface area contributed by atoms with Gasteiger partial charge in [-0.2, -0.15) is 0 Å². The van der Waals surface area contributed by atoms with Crippen LogP contribution in [0.5, 0.6) is 0 Å². The molecule has 1 aromatic carbocycles. The molecule has 0 unspecified atom stereocenters. The summed E-state index contributed by atoms with van der Waals surface area (Å²) in [5.41, 5.74) is 2.69. The van der Waals surface area contributed by atoms with E-state index in [2.05, 4.69) is 74.5 Å². The fourth-order valence-corrected chi connectivity index (χ4v) is 2.33. The smallest absolute Gasteiger partial charge is 0.324 e. The Balaban J connectivity index is 2.29. The van der Waals surface area contributed by atoms with Gasteiger partial charge in [-0.25, -0.2) is 0 Å². The maximum Gasteiger partial charge on any atom is 0.324 e. The van der Waals surface area contributed by atoms with Crippen LogP contribution in [0.25, 0.3) is 0 Å². The van der Waals surface area contributed by atoms with Crippen molar-refractivity contribution in [2.24, 2.45) is 0 Å². The van der Waals surface area contributed by atoms with E-state index in [4.69, 9.17) is 0 Å². The first-order chi connectivity index (χ1) is 7.59. The molecule has 1 heterocycles. The van der Waals surface area contributed by atoms with Gasteiger partial charge in [-0.05, 0) is 33.5 Å². The molecule has 0 amide bonds. The van der Waals surface area contributed by atoms with Gasteiger partial charge in [0.05, 0.1) is 0 Å². The van der Waals surface area contributed by atoms with Gasteiger partial charge in [0.15, 0.2) is 0 Å². The van der Waals surface area contributed by atoms with Crippen LogP contribution in [0.3, 0.4) is 0 Å². The summed E-state index contributed by atoms with van der Waals surface area (Å²) in [4.78, 5) is 0. The van der Waals surface area contributed by atoms with E-state index in [9.17, 15) is 0 Å². The first kappa shape index (κ1) is 11.8. The third-order valence-electron chi connectivity index (χ3n) is 2.97. The fraction of sp³-hybridized carbons (Fsp3) is 0.400. The van der Waals surface area contributed by atoms with Gasteiger partial charge in [-0.3, -0.25) is 0 Å². The highest BCUT2D eigenvalue weighted by atomic mass is 15.3. The first-order valence-electron chi connectivity index (χ1n) is 5.51. The summed E-state index contributed by atoms with van der Waals surface area (Å²) in [6, 6.07) is 8.54. The first-order valence-corrected chi connectivity index (χ1v) is 5.51. The lowest BCUT2D eigenvalue weighted by molar-refractivity contribution is 0.586. The summed E-state index contributed by atoms with van der Waals surface area (Å²) >= 11 is 0. The zero-order valence-electron chi connectivity index (χ0n) is 10.4. The molecule has 1 saturated heterocycles. The van der Waals surface area contributed by atoms with Crippen LogP contribution in [0.4, 0.5) is 0 Å². The Kier molecular flexibility index (Phi) is 3.43. The van der Waals surface area contributed by atoms with Crippen molar-refractivity contribution >= 4 is 27.5 Å². The summed E-state index contributed by atoms with van der Waals surface area (Å²) < 4.78 is 6.51. The molecule has 0 atom stereocenters. The number of hydrogen-bond acceptors (Lipinski definition) is 3. The molecule has 2 rings (SSSR count). The molecule has 0 spiro atoms. The minimum absolute atomic E-state index is 0.289. The number of rotatable bonds is 1. The average molecular weight is 211 g/mol. The summed E-state index contributed by atoms with van der Waals surface area (Å²) in [7, 11) is 10.5. The van der Waals surface area contributed by atoms with E-state index < -0.39 is 0 Å². The van der Waals surface area contributed by atoms with Gasteiger partial charge in [0.25, 0.3) is 15.1 Å². The minimum Gasteiger partial charge on any atom is -0.367 e. The molecule has 1 aromatic rings. The molecule has 0 aromatic heterocycles. The lowest BCUT2D eigenvalue weighted by Crippen LogP contribution is -2.69. The van der Waals surface area contributed by atoms with Gasteiger partial charge in [0.1, 0.15) is 0 Å². The van der Waals surface area contributed by atoms with Crippen LogP contribution in [0.2, 0.25) is 0 Å². The molecule has 0 saturated carbocycles. The van der Waals surface area contributed by atoms with Gasteiger partial charge >= 0.3 is 6.98 Å². The van der Waals surface area contributed by atoms with Crippen molar-refractivity contribution in [2.75, 3.05) is 21.1 Å². The predicted octanol–water partition coefficient (Wildman–Crippen LogP) is -0.432. The molecular formula is C10H16B3N3. The molecule has 3 nitrogen and oxygen atoms in total. The van der Waals surface area contributed by atoms with Crippen molar-refractivity contribution in [1.29, 1.82) is 0 Å². The molecule has 2 radical (unpaired) electrons. The summed E-state index contributed by atoms with van der Waals surface area (Å²) in [5.74, 6) is 0. The van der Waals surface area contributed by atoms with Gasteiger partial charge in [0.2, 0.25) is 0 Å². The van der Waals surface area contributed by atoms with Crippen molar-refractivity contribution in [3.05, 3.63) is 29.8 Å². The third-order valence-corrected chi connectivity index (χ3v) is 2.97. The zero-order chi connectivity index (χ0) is 11.7. The minimum atomic E-state index is 0.289. The van der Waals surface area contributed by atoms with E-state index >= 15 is 0 Å². The molecule has 1 aliphatic heterocycles. The van der Waals surface area contributed by atoms with Crippen molar-refractivity contribution in [1.82, 2.24) is 14.2 Å². The summed E-state index contributed by atoms with van der Waals surface area (Å²) in [6.07, 6.45) is 0. The molecule has 0 aliphatic carbocycles. The van der Waals surface area contributed by atoms with Crippen molar-refractivity contribution in [3.8, 4) is 0 Å². The third kappa shape index (κ3) is 2.19. The zero-order valence-corrected chi connectivity index (χ0v) is 10.4. The van der Waals surface area contributed by atoms with E-state index in [1.165, 1.54) is 11.0 Å². The number of benzene rings is 1. The maximum absolute atomic E-state index is 2.22. The van der Waals surface area contributed by atoms with Crippen LogP contribution in [-0.2, 0) is 0 Å². The van der Waals surface area contributed by atoms with Crippen molar-refractivity contribution < 1.29 is 0 Å². The largest absolute Gasteiger partial charge is 0.367 e. The molecule has 80 valence electrons. The molecular weight excluding hydrogens is 195 g/mol. The van der Waals surface area contributed by atoms with E-state index in [0.717, 1.165) is 0 Å². The van der Waals surface area contributed by atoms with Crippen molar-refractivity contribution in [3.63, 3.8) is 0 Å². The summed E-state index contributed by atoms with van der Waals surface area (Å²) in [6.45, 7) is 2.45. The Bertz CT molecular complexity index is 362. The van der Waals surface area contributed by atoms with E-state index in [0.29, 0.717) is 0 Å². The topological polar surface area (TPSA) is 9.72 Å². The second kappa shape index (κ2) is 4.66. The molecule has 1 aliphatic rings. The Morgan fingerprint density at radius 1 is 1.00 bits per heavy atom. The Hall–Kier alpha value is -0.705.